The number of carbonyl (C=O) groups excluding carboxylic acids is 2. The van der Waals surface area contributed by atoms with Crippen LogP contribution >= 0.6 is 0 Å². The largest absolute Gasteiger partial charge is 0.374 e. The Balaban J connectivity index is 1.95. The first-order valence-corrected chi connectivity index (χ1v) is 6.19. The van der Waals surface area contributed by atoms with E-state index in [0.717, 1.165) is 11.3 Å². The summed E-state index contributed by atoms with van der Waals surface area (Å²) in [6.07, 6.45) is 0. The van der Waals surface area contributed by atoms with Crippen molar-refractivity contribution in [2.24, 2.45) is 5.73 Å². The number of ether oxygens (including phenoxy) is 1. The van der Waals surface area contributed by atoms with Crippen LogP contribution in [0.25, 0.3) is 0 Å². The van der Waals surface area contributed by atoms with Crippen LogP contribution < -0.4 is 10.6 Å². The molecule has 0 bridgehead atoms. The Kier molecular flexibility index (Phi) is 2.87. The highest BCUT2D eigenvalue weighted by molar-refractivity contribution is 5.97. The van der Waals surface area contributed by atoms with E-state index in [1.807, 2.05) is 24.3 Å². The molecular formula is C13H15N3O3. The monoisotopic (exact) mass is 261 g/mol. The van der Waals surface area contributed by atoms with Gasteiger partial charge in [0.15, 0.2) is 0 Å². The molecule has 1 aromatic carbocycles. The van der Waals surface area contributed by atoms with E-state index in [1.165, 1.54) is 4.90 Å². The van der Waals surface area contributed by atoms with Gasteiger partial charge in [0.1, 0.15) is 6.54 Å². The second kappa shape index (κ2) is 4.55. The first-order chi connectivity index (χ1) is 9.16. The third-order valence-corrected chi connectivity index (χ3v) is 3.44. The fourth-order valence-corrected chi connectivity index (χ4v) is 2.64. The molecule has 6 nitrogen and oxygen atoms in total. The molecule has 1 aromatic rings. The fraction of sp³-hybridized carbons (Fsp3) is 0.385. The van der Waals surface area contributed by atoms with Gasteiger partial charge in [-0.1, -0.05) is 18.2 Å². The van der Waals surface area contributed by atoms with Crippen LogP contribution in [0.15, 0.2) is 24.3 Å². The molecule has 0 aromatic heterocycles. The van der Waals surface area contributed by atoms with Gasteiger partial charge in [-0.15, -0.1) is 0 Å². The number of rotatable bonds is 2. The molecule has 6 heteroatoms. The SMILES string of the molecule is NC(=O)CN1CC2COCc3ccccc3N2C1=O. The van der Waals surface area contributed by atoms with Crippen molar-refractivity contribution in [2.75, 3.05) is 24.6 Å². The number of nitrogens with zero attached hydrogens (tertiary/aromatic N) is 2. The zero-order chi connectivity index (χ0) is 13.4. The van der Waals surface area contributed by atoms with E-state index >= 15 is 0 Å². The van der Waals surface area contributed by atoms with Crippen LogP contribution in [0.1, 0.15) is 5.56 Å². The molecule has 0 radical (unpaired) electrons. The van der Waals surface area contributed by atoms with Gasteiger partial charge in [-0.25, -0.2) is 4.79 Å². The van der Waals surface area contributed by atoms with Crippen LogP contribution in [0.3, 0.4) is 0 Å². The average Bonchev–Trinajstić information content (AvgIpc) is 2.58. The lowest BCUT2D eigenvalue weighted by Crippen LogP contribution is -2.38. The highest BCUT2D eigenvalue weighted by Gasteiger charge is 2.40. The van der Waals surface area contributed by atoms with Gasteiger partial charge in [0.2, 0.25) is 5.91 Å². The minimum absolute atomic E-state index is 0.0476. The standard InChI is InChI=1S/C13H15N3O3/c14-12(17)6-15-5-10-8-19-7-9-3-1-2-4-11(9)16(10)13(15)18/h1-4,10H,5-8H2,(H2,14,17). The van der Waals surface area contributed by atoms with Crippen LogP contribution in [0, 0.1) is 0 Å². The van der Waals surface area contributed by atoms with E-state index in [1.54, 1.807) is 4.90 Å². The molecule has 1 fully saturated rings. The Morgan fingerprint density at radius 3 is 3.00 bits per heavy atom. The van der Waals surface area contributed by atoms with Crippen LogP contribution in [0.5, 0.6) is 0 Å². The predicted octanol–water partition coefficient (Wildman–Crippen LogP) is 0.313. The number of primary amides is 1. The molecule has 3 amide bonds. The molecule has 2 N–H and O–H groups in total. The van der Waals surface area contributed by atoms with Crippen molar-refractivity contribution in [2.45, 2.75) is 12.6 Å². The van der Waals surface area contributed by atoms with Crippen LogP contribution in [0.2, 0.25) is 0 Å². The molecular weight excluding hydrogens is 246 g/mol. The first kappa shape index (κ1) is 12.0. The summed E-state index contributed by atoms with van der Waals surface area (Å²) >= 11 is 0. The van der Waals surface area contributed by atoms with Gasteiger partial charge in [0.05, 0.1) is 24.9 Å². The summed E-state index contributed by atoms with van der Waals surface area (Å²) in [5.41, 5.74) is 7.02. The second-order valence-corrected chi connectivity index (χ2v) is 4.80. The number of urea groups is 1. The van der Waals surface area contributed by atoms with Gasteiger partial charge in [-0.2, -0.15) is 0 Å². The Morgan fingerprint density at radius 1 is 1.42 bits per heavy atom. The summed E-state index contributed by atoms with van der Waals surface area (Å²) in [6.45, 7) is 1.39. The van der Waals surface area contributed by atoms with E-state index in [2.05, 4.69) is 0 Å². The first-order valence-electron chi connectivity index (χ1n) is 6.19. The maximum atomic E-state index is 12.4. The summed E-state index contributed by atoms with van der Waals surface area (Å²) in [7, 11) is 0. The summed E-state index contributed by atoms with van der Waals surface area (Å²) in [4.78, 5) is 26.6. The Hall–Kier alpha value is -2.08. The molecule has 0 saturated carbocycles. The number of benzene rings is 1. The summed E-state index contributed by atoms with van der Waals surface area (Å²) in [5, 5.41) is 0. The fourth-order valence-electron chi connectivity index (χ4n) is 2.64. The summed E-state index contributed by atoms with van der Waals surface area (Å²) < 4.78 is 5.60. The summed E-state index contributed by atoms with van der Waals surface area (Å²) in [5.74, 6) is -0.500. The van der Waals surface area contributed by atoms with Gasteiger partial charge in [-0.05, 0) is 6.07 Å². The van der Waals surface area contributed by atoms with Crippen molar-refractivity contribution in [3.63, 3.8) is 0 Å². The third-order valence-electron chi connectivity index (χ3n) is 3.44. The number of para-hydroxylation sites is 1. The molecule has 1 unspecified atom stereocenters. The molecule has 2 aliphatic heterocycles. The highest BCUT2D eigenvalue weighted by atomic mass is 16.5. The minimum atomic E-state index is -0.500. The number of hydrogen-bond donors (Lipinski definition) is 1. The molecule has 2 aliphatic rings. The quantitative estimate of drug-likeness (QED) is 0.832. The van der Waals surface area contributed by atoms with Crippen molar-refractivity contribution in [1.82, 2.24) is 4.90 Å². The average molecular weight is 261 g/mol. The third kappa shape index (κ3) is 2.04. The van der Waals surface area contributed by atoms with Gasteiger partial charge in [-0.3, -0.25) is 9.69 Å². The minimum Gasteiger partial charge on any atom is -0.374 e. The summed E-state index contributed by atoms with van der Waals surface area (Å²) in [6, 6.07) is 7.43. The van der Waals surface area contributed by atoms with E-state index in [0.29, 0.717) is 19.8 Å². The number of carbonyl (C=O) groups is 2. The van der Waals surface area contributed by atoms with E-state index < -0.39 is 5.91 Å². The Bertz CT molecular complexity index is 532. The number of anilines is 1. The highest BCUT2D eigenvalue weighted by Crippen LogP contribution is 2.31. The topological polar surface area (TPSA) is 75.9 Å². The normalized spacial score (nSPS) is 21.9. The van der Waals surface area contributed by atoms with Gasteiger partial charge < -0.3 is 15.4 Å². The van der Waals surface area contributed by atoms with Crippen LogP contribution in [0.4, 0.5) is 10.5 Å². The molecule has 2 heterocycles. The lowest BCUT2D eigenvalue weighted by molar-refractivity contribution is -0.118. The predicted molar refractivity (Wildman–Crippen MR) is 68.5 cm³/mol. The lowest BCUT2D eigenvalue weighted by atomic mass is 10.1. The molecule has 100 valence electrons. The van der Waals surface area contributed by atoms with Crippen molar-refractivity contribution >= 4 is 17.6 Å². The van der Waals surface area contributed by atoms with Gasteiger partial charge >= 0.3 is 6.03 Å². The van der Waals surface area contributed by atoms with Crippen molar-refractivity contribution in [3.05, 3.63) is 29.8 Å². The van der Waals surface area contributed by atoms with Crippen LogP contribution in [-0.2, 0) is 16.1 Å². The molecule has 0 spiro atoms. The van der Waals surface area contributed by atoms with Crippen LogP contribution in [-0.4, -0.2) is 42.6 Å². The number of amides is 3. The number of fused-ring (bicyclic) bond motifs is 3. The molecule has 0 aliphatic carbocycles. The van der Waals surface area contributed by atoms with E-state index in [9.17, 15) is 9.59 Å². The molecule has 1 atom stereocenters. The Labute approximate surface area is 110 Å². The van der Waals surface area contributed by atoms with Gasteiger partial charge in [0, 0.05) is 12.1 Å². The zero-order valence-corrected chi connectivity index (χ0v) is 10.4. The molecule has 1 saturated heterocycles. The molecule has 19 heavy (non-hydrogen) atoms. The maximum absolute atomic E-state index is 12.4. The molecule has 3 rings (SSSR count). The van der Waals surface area contributed by atoms with Crippen molar-refractivity contribution < 1.29 is 14.3 Å². The maximum Gasteiger partial charge on any atom is 0.325 e. The Morgan fingerprint density at radius 2 is 2.21 bits per heavy atom. The van der Waals surface area contributed by atoms with E-state index in [-0.39, 0.29) is 18.6 Å². The van der Waals surface area contributed by atoms with Gasteiger partial charge in [0.25, 0.3) is 0 Å². The second-order valence-electron chi connectivity index (χ2n) is 4.80. The smallest absolute Gasteiger partial charge is 0.325 e. The van der Waals surface area contributed by atoms with Crippen molar-refractivity contribution in [1.29, 1.82) is 0 Å². The number of nitrogens with two attached hydrogens (primary N) is 1. The number of hydrogen-bond acceptors (Lipinski definition) is 3. The zero-order valence-electron chi connectivity index (χ0n) is 10.4. The van der Waals surface area contributed by atoms with Crippen molar-refractivity contribution in [3.8, 4) is 0 Å². The van der Waals surface area contributed by atoms with E-state index in [4.69, 9.17) is 10.5 Å². The lowest BCUT2D eigenvalue weighted by Gasteiger charge is -2.21.